The van der Waals surface area contributed by atoms with Crippen LogP contribution in [0.4, 0.5) is 0 Å². The molecule has 0 saturated carbocycles. The second-order valence-electron chi connectivity index (χ2n) is 23.3. The lowest BCUT2D eigenvalue weighted by Gasteiger charge is -2.36. The Bertz CT molecular complexity index is 3040. The monoisotopic (exact) mass is 1380 g/mol. The van der Waals surface area contributed by atoms with Crippen LogP contribution < -0.4 is 0 Å². The molecular formula is C57H90N8O27P2. The van der Waals surface area contributed by atoms with E-state index >= 15 is 0 Å². The third kappa shape index (κ3) is 22.8. The van der Waals surface area contributed by atoms with Gasteiger partial charge in [0.2, 0.25) is 0 Å². The van der Waals surface area contributed by atoms with Gasteiger partial charge >= 0.3 is 15.6 Å². The van der Waals surface area contributed by atoms with Gasteiger partial charge in [-0.15, -0.1) is 0 Å². The molecule has 5 unspecified atom stereocenters. The lowest BCUT2D eigenvalue weighted by Crippen LogP contribution is -2.50. The molecule has 4 aromatic rings. The number of aliphatic hydroxyl groups excluding tert-OH is 6. The Kier molecular flexibility index (Phi) is 30.5. The number of ketones is 2. The van der Waals surface area contributed by atoms with Gasteiger partial charge in [-0.1, -0.05) is 12.8 Å². The number of unbranched alkanes of at least 4 members (excludes halogenated alkanes) is 3. The van der Waals surface area contributed by atoms with Crippen molar-refractivity contribution in [2.24, 2.45) is 0 Å². The summed E-state index contributed by atoms with van der Waals surface area (Å²) >= 11 is 0. The van der Waals surface area contributed by atoms with Crippen LogP contribution in [-0.2, 0) is 84.4 Å². The molecule has 4 fully saturated rings. The minimum absolute atomic E-state index is 0.0108. The van der Waals surface area contributed by atoms with E-state index in [9.17, 15) is 64.0 Å². The number of carbonyl (C=O) groups is 2. The van der Waals surface area contributed by atoms with Crippen molar-refractivity contribution in [2.75, 3.05) is 86.3 Å². The zero-order valence-corrected chi connectivity index (χ0v) is 54.4. The first-order valence-corrected chi connectivity index (χ1v) is 34.6. The Morgan fingerprint density at radius 2 is 1.11 bits per heavy atom. The van der Waals surface area contributed by atoms with Crippen LogP contribution in [0.1, 0.15) is 120 Å². The van der Waals surface area contributed by atoms with Crippen LogP contribution in [0.15, 0.2) is 25.3 Å². The number of rotatable bonds is 44. The number of Topliss-reactive ketones (excluding diaryl/α,β-unsaturated/α-hetero) is 2. The highest BCUT2D eigenvalue weighted by molar-refractivity contribution is 7.47. The highest BCUT2D eigenvalue weighted by Crippen LogP contribution is 2.51. The smallest absolute Gasteiger partial charge is 0.394 e. The summed E-state index contributed by atoms with van der Waals surface area (Å²) in [6.45, 7) is 1.78. The minimum atomic E-state index is -5.21. The van der Waals surface area contributed by atoms with Gasteiger partial charge < -0.3 is 97.4 Å². The number of phosphoric ester groups is 2. The quantitative estimate of drug-likeness (QED) is 0.0171. The largest absolute Gasteiger partial charge is 0.472 e. The number of aliphatic hydroxyl groups is 6. The van der Waals surface area contributed by atoms with Crippen LogP contribution in [0.2, 0.25) is 0 Å². The number of carbonyl (C=O) groups excluding carboxylic acids is 2. The summed E-state index contributed by atoms with van der Waals surface area (Å²) < 4.78 is 110. The van der Waals surface area contributed by atoms with E-state index in [4.69, 9.17) is 65.7 Å². The number of hydrogen-bond donors (Lipinski definition) is 9. The van der Waals surface area contributed by atoms with Crippen LogP contribution >= 0.6 is 15.6 Å². The topological polar surface area (TPSA) is 467 Å². The molecule has 4 aliphatic rings. The lowest BCUT2D eigenvalue weighted by atomic mass is 9.95. The van der Waals surface area contributed by atoms with Gasteiger partial charge in [-0.25, -0.2) is 39.0 Å². The van der Waals surface area contributed by atoms with Crippen LogP contribution in [-0.4, -0.2) is 262 Å². The molecule has 0 amide bonds. The minimum Gasteiger partial charge on any atom is -0.394 e. The molecule has 8 rings (SSSR count). The van der Waals surface area contributed by atoms with Crippen molar-refractivity contribution < 1.29 is 130 Å². The summed E-state index contributed by atoms with van der Waals surface area (Å²) in [7, 11) is -10.4. The van der Waals surface area contributed by atoms with Gasteiger partial charge in [0, 0.05) is 64.8 Å². The number of fused-ring (bicyclic) bond motifs is 2. The fraction of sp³-hybridized carbons (Fsp3) is 0.789. The molecule has 94 heavy (non-hydrogen) atoms. The average Bonchev–Trinajstić information content (AvgIpc) is 1.62. The van der Waals surface area contributed by atoms with Gasteiger partial charge in [-0.05, 0) is 52.4 Å². The lowest BCUT2D eigenvalue weighted by molar-refractivity contribution is -0.256. The third-order valence-corrected chi connectivity index (χ3v) is 17.7. The second kappa shape index (κ2) is 37.8. The first kappa shape index (κ1) is 75.7. The summed E-state index contributed by atoms with van der Waals surface area (Å²) in [4.78, 5) is 82.1. The zero-order chi connectivity index (χ0) is 67.2. The molecule has 0 aliphatic carbocycles. The van der Waals surface area contributed by atoms with E-state index in [-0.39, 0.29) is 95.6 Å². The Morgan fingerprint density at radius 1 is 0.543 bits per heavy atom. The Hall–Kier alpha value is -4.02. The molecule has 0 aromatic carbocycles. The van der Waals surface area contributed by atoms with E-state index in [1.165, 1.54) is 29.9 Å². The van der Waals surface area contributed by atoms with Gasteiger partial charge in [0.25, 0.3) is 0 Å². The maximum absolute atomic E-state index is 14.2. The molecule has 35 nitrogen and oxygen atoms in total. The van der Waals surface area contributed by atoms with Gasteiger partial charge in [0.1, 0.15) is 97.7 Å². The number of nitrogens with zero attached hydrogens (tertiary/aromatic N) is 8. The first-order chi connectivity index (χ1) is 45.2. The summed E-state index contributed by atoms with van der Waals surface area (Å²) in [5, 5.41) is 58.6. The van der Waals surface area contributed by atoms with Crippen molar-refractivity contribution in [3.05, 3.63) is 36.7 Å². The van der Waals surface area contributed by atoms with E-state index in [0.29, 0.717) is 98.9 Å². The van der Waals surface area contributed by atoms with Crippen molar-refractivity contribution in [3.8, 4) is 0 Å². The van der Waals surface area contributed by atoms with Crippen molar-refractivity contribution in [2.45, 2.75) is 202 Å². The predicted octanol–water partition coefficient (Wildman–Crippen LogP) is 1.37. The number of aromatic nitrogens is 8. The third-order valence-electron chi connectivity index (χ3n) is 16.3. The molecule has 4 saturated heterocycles. The van der Waals surface area contributed by atoms with Crippen LogP contribution in [0, 0.1) is 13.8 Å². The van der Waals surface area contributed by atoms with Crippen molar-refractivity contribution in [1.29, 1.82) is 0 Å². The van der Waals surface area contributed by atoms with E-state index in [1.54, 1.807) is 18.4 Å². The summed E-state index contributed by atoms with van der Waals surface area (Å²) in [6, 6.07) is 0. The number of imidazole rings is 2. The number of aryl methyl sites for hydroxylation is 2. The summed E-state index contributed by atoms with van der Waals surface area (Å²) in [5.74, 6) is 0.151. The first-order valence-electron chi connectivity index (χ1n) is 31.6. The highest BCUT2D eigenvalue weighted by Gasteiger charge is 2.52. The number of ether oxygens (including phenoxy) is 11. The predicted molar refractivity (Wildman–Crippen MR) is 320 cm³/mol. The van der Waals surface area contributed by atoms with Crippen molar-refractivity contribution in [3.63, 3.8) is 0 Å². The molecule has 9 N–H and O–H groups in total. The zero-order valence-electron chi connectivity index (χ0n) is 52.6. The maximum Gasteiger partial charge on any atom is 0.472 e. The molecular weight excluding hydrogens is 1290 g/mol. The normalized spacial score (nSPS) is 28.2. The van der Waals surface area contributed by atoms with E-state index < -0.39 is 128 Å². The molecule has 37 heteroatoms. The van der Waals surface area contributed by atoms with Crippen LogP contribution in [0.25, 0.3) is 22.3 Å². The average molecular weight is 1380 g/mol. The Labute approximate surface area is 541 Å². The fourth-order valence-electron chi connectivity index (χ4n) is 11.3. The van der Waals surface area contributed by atoms with Crippen molar-refractivity contribution in [1.82, 2.24) is 39.0 Å². The number of hydrogen-bond acceptors (Lipinski definition) is 30. The van der Waals surface area contributed by atoms with E-state index in [2.05, 4.69) is 29.9 Å². The molecule has 530 valence electrons. The molecule has 0 spiro atoms. The molecule has 0 bridgehead atoms. The van der Waals surface area contributed by atoms with Gasteiger partial charge in [-0.2, -0.15) is 0 Å². The fourth-order valence-corrected chi connectivity index (χ4v) is 12.6. The SMILES string of the molecule is Cc1ncnc2c1ncn2C1O[C@H](COP(=O)(O)O)C(OP(=O)(O)OC[C@@H]2CC(OCOCCOCCCC(=O)CCCCC[C@H]3C[C@@H](O)[C@@H](O)[C@@H](CO)O3)[C@H](n3cnc4c(C)ncnc43)O2)C1OCOCCOCCCC(=O)CCCCO[C@H]1C[C@@H](O)[C@@H](O)[C@@H](CO)O1. The molecule has 8 heterocycles. The highest BCUT2D eigenvalue weighted by atomic mass is 31.2. The molecule has 4 aromatic heterocycles. The van der Waals surface area contributed by atoms with Crippen LogP contribution in [0.5, 0.6) is 0 Å². The van der Waals surface area contributed by atoms with Crippen molar-refractivity contribution >= 4 is 49.5 Å². The van der Waals surface area contributed by atoms with Gasteiger partial charge in [-0.3, -0.25) is 32.3 Å². The summed E-state index contributed by atoms with van der Waals surface area (Å²) in [5.41, 5.74) is 2.65. The Balaban J connectivity index is 0.792. The van der Waals surface area contributed by atoms with E-state index in [1.807, 2.05) is 0 Å². The maximum atomic E-state index is 14.2. The molecule has 16 atom stereocenters. The van der Waals surface area contributed by atoms with Gasteiger partial charge in [0.15, 0.2) is 30.0 Å². The molecule has 0 radical (unpaired) electrons. The Morgan fingerprint density at radius 3 is 1.72 bits per heavy atom. The summed E-state index contributed by atoms with van der Waals surface area (Å²) in [6.07, 6.45) is -3.23. The van der Waals surface area contributed by atoms with E-state index in [0.717, 1.165) is 12.8 Å². The second-order valence-corrected chi connectivity index (χ2v) is 26.0. The van der Waals surface area contributed by atoms with Gasteiger partial charge in [0.05, 0.1) is 101 Å². The standard InChI is InChI=1S/C57H90N8O27P2/c1-35-48-54(60-29-58-35)64(31-62-48)56-43(84-33-81-20-18-79-15-8-12-37(68)10-4-3-5-14-39-22-41(70)50(72)44(25-66)88-39)23-40(89-56)27-87-94(77,78)92-52-46(28-86-93(74,75)76)91-57(65-32-63-49-36(2)59-30-61-55(49)65)53(52)85-34-82-21-19-80-16-9-13-38(69)11-6-7-17-83-47-24-42(71)51(73)45(26-67)90-47/h29-32,39-47,50-53,56-57,66-67,70-73H,3-28,33-34H2,1-2H3,(H,77,78)(H2,74,75,76)/t39-,40-,41+,42+,43?,44+,45+,46+,47+,50+,51+,52?,53?,56+,57?/m0/s1. The number of phosphoric acid groups is 2. The van der Waals surface area contributed by atoms with Crippen LogP contribution in [0.3, 0.4) is 0 Å². The molecule has 4 aliphatic heterocycles.